The number of piperazine rings is 1. The minimum Gasteiger partial charge on any atom is -0.363 e. The highest BCUT2D eigenvalue weighted by molar-refractivity contribution is 6.03. The van der Waals surface area contributed by atoms with E-state index in [1.165, 1.54) is 17.3 Å². The lowest BCUT2D eigenvalue weighted by molar-refractivity contribution is 0.101. The van der Waals surface area contributed by atoms with Gasteiger partial charge in [0, 0.05) is 44.0 Å². The number of nitrogens with zero attached hydrogens (tertiary/aromatic N) is 4. The summed E-state index contributed by atoms with van der Waals surface area (Å²) >= 11 is 0. The second-order valence-electron chi connectivity index (χ2n) is 10.2. The van der Waals surface area contributed by atoms with Crippen LogP contribution in [0.2, 0.25) is 0 Å². The van der Waals surface area contributed by atoms with Crippen molar-refractivity contribution in [3.63, 3.8) is 0 Å². The number of amides is 1. The normalized spacial score (nSPS) is 18.8. The molecule has 1 aromatic heterocycles. The molecule has 1 aromatic carbocycles. The number of rotatable bonds is 7. The lowest BCUT2D eigenvalue weighted by Crippen LogP contribution is -2.46. The van der Waals surface area contributed by atoms with E-state index in [1.807, 2.05) is 6.07 Å². The maximum Gasteiger partial charge on any atom is 0.314 e. The summed E-state index contributed by atoms with van der Waals surface area (Å²) in [6, 6.07) is 6.41. The van der Waals surface area contributed by atoms with Crippen LogP contribution in [0.5, 0.6) is 0 Å². The number of carbonyl (C=O) groups is 1. The number of hydrogen-bond donors (Lipinski definition) is 2. The zero-order valence-electron chi connectivity index (χ0n) is 20.7. The van der Waals surface area contributed by atoms with Crippen molar-refractivity contribution in [3.05, 3.63) is 58.8 Å². The van der Waals surface area contributed by atoms with Gasteiger partial charge in [0.05, 0.1) is 6.20 Å². The molecule has 1 saturated heterocycles. The first kappa shape index (κ1) is 24.2. The van der Waals surface area contributed by atoms with E-state index in [2.05, 4.69) is 68.9 Å². The number of benzene rings is 1. The number of likely N-dealkylation sites (N-methyl/N-ethyl adjacent to an activating group) is 1. The number of nitrogens with one attached hydrogen (secondary N) is 2. The standard InChI is InChI=1S/C27H36N6O/c1-5-32-14-16-33(17-15-32)13-10-20-6-7-23(30-26(34)25-29-19-24(28-4)31-25)22(18-20)21-8-11-27(2,3)12-9-21/h6-8,18-19H,5,9-17H2,1-3H3,(H,29,31)(H,30,34). The fraction of sp³-hybridized carbons (Fsp3) is 0.519. The van der Waals surface area contributed by atoms with E-state index >= 15 is 0 Å². The lowest BCUT2D eigenvalue weighted by atomic mass is 9.76. The van der Waals surface area contributed by atoms with Gasteiger partial charge in [-0.2, -0.15) is 0 Å². The number of aromatic amines is 1. The number of carbonyl (C=O) groups excluding carboxylic acids is 1. The predicted octanol–water partition coefficient (Wildman–Crippen LogP) is 4.99. The van der Waals surface area contributed by atoms with Gasteiger partial charge >= 0.3 is 5.91 Å². The molecule has 1 aliphatic heterocycles. The van der Waals surface area contributed by atoms with Crippen LogP contribution in [0, 0.1) is 12.0 Å². The Balaban J connectivity index is 1.51. The van der Waals surface area contributed by atoms with Gasteiger partial charge in [-0.05, 0) is 60.9 Å². The van der Waals surface area contributed by atoms with Gasteiger partial charge in [0.1, 0.15) is 0 Å². The SMILES string of the molecule is [C-]#[N+]c1cnc(C(=O)Nc2ccc(CCN3CCN(CC)CC3)cc2C2=CCC(C)(C)CC2)[nH]1. The van der Waals surface area contributed by atoms with Crippen LogP contribution in [-0.2, 0) is 6.42 Å². The quantitative estimate of drug-likeness (QED) is 0.572. The van der Waals surface area contributed by atoms with Crippen molar-refractivity contribution >= 4 is 23.0 Å². The number of anilines is 1. The number of H-pyrrole nitrogens is 1. The summed E-state index contributed by atoms with van der Waals surface area (Å²) in [6.07, 6.45) is 7.89. The molecule has 2 aromatic rings. The summed E-state index contributed by atoms with van der Waals surface area (Å²) in [6.45, 7) is 20.7. The topological polar surface area (TPSA) is 68.6 Å². The molecule has 0 unspecified atom stereocenters. The maximum absolute atomic E-state index is 12.8. The Kier molecular flexibility index (Phi) is 7.50. The van der Waals surface area contributed by atoms with E-state index in [9.17, 15) is 4.79 Å². The maximum atomic E-state index is 12.8. The van der Waals surface area contributed by atoms with E-state index in [-0.39, 0.29) is 17.5 Å². The van der Waals surface area contributed by atoms with Crippen molar-refractivity contribution in [1.82, 2.24) is 19.8 Å². The van der Waals surface area contributed by atoms with E-state index in [0.29, 0.717) is 5.41 Å². The van der Waals surface area contributed by atoms with Crippen LogP contribution in [0.3, 0.4) is 0 Å². The van der Waals surface area contributed by atoms with Gasteiger partial charge in [0.15, 0.2) is 0 Å². The molecule has 7 nitrogen and oxygen atoms in total. The van der Waals surface area contributed by atoms with Gasteiger partial charge in [0.2, 0.25) is 5.82 Å². The molecule has 180 valence electrons. The average Bonchev–Trinajstić information content (AvgIpc) is 3.33. The second-order valence-corrected chi connectivity index (χ2v) is 10.2. The largest absolute Gasteiger partial charge is 0.363 e. The van der Waals surface area contributed by atoms with Crippen molar-refractivity contribution in [1.29, 1.82) is 0 Å². The summed E-state index contributed by atoms with van der Waals surface area (Å²) in [7, 11) is 0. The minimum atomic E-state index is -0.325. The van der Waals surface area contributed by atoms with Crippen molar-refractivity contribution in [2.75, 3.05) is 44.6 Å². The fourth-order valence-electron chi connectivity index (χ4n) is 4.72. The van der Waals surface area contributed by atoms with Gasteiger partial charge in [-0.25, -0.2) is 4.98 Å². The molecule has 0 spiro atoms. The third-order valence-corrected chi connectivity index (χ3v) is 7.18. The zero-order valence-corrected chi connectivity index (χ0v) is 20.7. The van der Waals surface area contributed by atoms with Crippen molar-refractivity contribution in [2.45, 2.75) is 46.5 Å². The molecule has 4 rings (SSSR count). The number of allylic oxidation sites excluding steroid dienone is 2. The summed E-state index contributed by atoms with van der Waals surface area (Å²) in [4.78, 5) is 28.0. The Morgan fingerprint density at radius 1 is 1.24 bits per heavy atom. The minimum absolute atomic E-state index is 0.158. The molecule has 2 heterocycles. The van der Waals surface area contributed by atoms with Crippen LogP contribution >= 0.6 is 0 Å². The highest BCUT2D eigenvalue weighted by Crippen LogP contribution is 2.40. The average molecular weight is 461 g/mol. The molecule has 0 radical (unpaired) electrons. The smallest absolute Gasteiger partial charge is 0.314 e. The Labute approximate surface area is 203 Å². The van der Waals surface area contributed by atoms with Gasteiger partial charge in [0.25, 0.3) is 5.82 Å². The van der Waals surface area contributed by atoms with E-state index in [0.717, 1.165) is 76.2 Å². The van der Waals surface area contributed by atoms with Crippen molar-refractivity contribution in [3.8, 4) is 0 Å². The third-order valence-electron chi connectivity index (χ3n) is 7.18. The van der Waals surface area contributed by atoms with Gasteiger partial charge in [-0.15, -0.1) is 0 Å². The van der Waals surface area contributed by atoms with Gasteiger partial charge in [-0.3, -0.25) is 9.78 Å². The zero-order chi connectivity index (χ0) is 24.1. The Morgan fingerprint density at radius 2 is 2.00 bits per heavy atom. The molecule has 1 amide bonds. The van der Waals surface area contributed by atoms with E-state index < -0.39 is 0 Å². The van der Waals surface area contributed by atoms with Gasteiger partial charge in [-0.1, -0.05) is 39.5 Å². The van der Waals surface area contributed by atoms with Crippen LogP contribution in [0.25, 0.3) is 10.4 Å². The number of imidazole rings is 1. The highest BCUT2D eigenvalue weighted by atomic mass is 16.2. The molecule has 2 aliphatic rings. The molecule has 2 N–H and O–H groups in total. The van der Waals surface area contributed by atoms with Crippen LogP contribution in [0.1, 0.15) is 61.8 Å². The summed E-state index contributed by atoms with van der Waals surface area (Å²) < 4.78 is 0. The molecule has 1 fully saturated rings. The first-order valence-corrected chi connectivity index (χ1v) is 12.4. The summed E-state index contributed by atoms with van der Waals surface area (Å²) in [5.41, 5.74) is 4.82. The molecule has 34 heavy (non-hydrogen) atoms. The van der Waals surface area contributed by atoms with Crippen LogP contribution in [0.4, 0.5) is 11.5 Å². The van der Waals surface area contributed by atoms with Gasteiger partial charge < -0.3 is 20.0 Å². The first-order valence-electron chi connectivity index (χ1n) is 12.4. The Morgan fingerprint density at radius 3 is 2.65 bits per heavy atom. The van der Waals surface area contributed by atoms with Crippen LogP contribution in [-0.4, -0.2) is 64.9 Å². The highest BCUT2D eigenvalue weighted by Gasteiger charge is 2.24. The van der Waals surface area contributed by atoms with Crippen molar-refractivity contribution in [2.24, 2.45) is 5.41 Å². The molecule has 0 saturated carbocycles. The molecule has 7 heteroatoms. The van der Waals surface area contributed by atoms with Crippen LogP contribution in [0.15, 0.2) is 30.5 Å². The van der Waals surface area contributed by atoms with E-state index in [1.54, 1.807) is 0 Å². The van der Waals surface area contributed by atoms with Crippen molar-refractivity contribution < 1.29 is 4.79 Å². The molecule has 0 bridgehead atoms. The molecular weight excluding hydrogens is 424 g/mol. The Hall–Kier alpha value is -2.95. The second kappa shape index (κ2) is 10.5. The third kappa shape index (κ3) is 5.94. The molecule has 0 atom stereocenters. The Bertz CT molecular complexity index is 1080. The van der Waals surface area contributed by atoms with Crippen LogP contribution < -0.4 is 5.32 Å². The number of hydrogen-bond acceptors (Lipinski definition) is 4. The first-order chi connectivity index (χ1) is 16.4. The molecule has 1 aliphatic carbocycles. The predicted molar refractivity (Wildman–Crippen MR) is 137 cm³/mol. The van der Waals surface area contributed by atoms with E-state index in [4.69, 9.17) is 6.57 Å². The summed E-state index contributed by atoms with van der Waals surface area (Å²) in [5.74, 6) is 0.0955. The monoisotopic (exact) mass is 460 g/mol. The summed E-state index contributed by atoms with van der Waals surface area (Å²) in [5, 5.41) is 3.03. The molecular formula is C27H36N6O. The lowest BCUT2D eigenvalue weighted by Gasteiger charge is -2.34. The fourth-order valence-corrected chi connectivity index (χ4v) is 4.72. The number of aromatic nitrogens is 2.